The maximum atomic E-state index is 12.0. The smallest absolute Gasteiger partial charge is 0.221 e. The van der Waals surface area contributed by atoms with Crippen LogP contribution >= 0.6 is 27.5 Å². The monoisotopic (exact) mass is 329 g/mol. The number of benzene rings is 1. The first-order valence-electron chi connectivity index (χ1n) is 5.75. The van der Waals surface area contributed by atoms with Crippen molar-refractivity contribution in [2.75, 3.05) is 10.6 Å². The Labute approximate surface area is 119 Å². The highest BCUT2D eigenvalue weighted by Crippen LogP contribution is 2.36. The van der Waals surface area contributed by atoms with E-state index >= 15 is 0 Å². The number of hydrogen-bond donors (Lipinski definition) is 1. The van der Waals surface area contributed by atoms with Crippen LogP contribution in [0.5, 0.6) is 0 Å². The lowest BCUT2D eigenvalue weighted by atomic mass is 9.98. The van der Waals surface area contributed by atoms with Crippen molar-refractivity contribution in [2.45, 2.75) is 26.2 Å². The molecule has 0 atom stereocenters. The summed E-state index contributed by atoms with van der Waals surface area (Å²) in [5, 5.41) is 3.57. The summed E-state index contributed by atoms with van der Waals surface area (Å²) in [5.74, 6) is -0.221. The predicted molar refractivity (Wildman–Crippen MR) is 75.9 cm³/mol. The van der Waals surface area contributed by atoms with E-state index in [1.54, 1.807) is 6.07 Å². The first kappa shape index (κ1) is 13.6. The van der Waals surface area contributed by atoms with E-state index in [0.717, 1.165) is 30.4 Å². The average Bonchev–Trinajstić information content (AvgIpc) is 2.77. The Morgan fingerprint density at radius 2 is 2.06 bits per heavy atom. The minimum atomic E-state index is -0.201. The highest BCUT2D eigenvalue weighted by atomic mass is 79.9. The minimum absolute atomic E-state index is 0.0198. The molecular weight excluding hydrogens is 318 g/mol. The molecule has 0 aliphatic heterocycles. The molecule has 1 aliphatic rings. The third kappa shape index (κ3) is 2.45. The van der Waals surface area contributed by atoms with E-state index in [1.165, 1.54) is 6.92 Å². The van der Waals surface area contributed by atoms with Crippen molar-refractivity contribution in [1.82, 2.24) is 0 Å². The molecule has 1 aliphatic carbocycles. The van der Waals surface area contributed by atoms with Gasteiger partial charge in [-0.15, -0.1) is 0 Å². The largest absolute Gasteiger partial charge is 0.326 e. The lowest BCUT2D eigenvalue weighted by molar-refractivity contribution is -0.114. The molecule has 96 valence electrons. The summed E-state index contributed by atoms with van der Waals surface area (Å²) < 4.78 is 0. The number of nitrogens with one attached hydrogen (secondary N) is 1. The Balaban J connectivity index is 2.61. The van der Waals surface area contributed by atoms with Gasteiger partial charge in [-0.05, 0) is 36.5 Å². The fourth-order valence-corrected chi connectivity index (χ4v) is 3.00. The van der Waals surface area contributed by atoms with Gasteiger partial charge >= 0.3 is 0 Å². The summed E-state index contributed by atoms with van der Waals surface area (Å²) >= 11 is 9.39. The number of anilines is 1. The van der Waals surface area contributed by atoms with Gasteiger partial charge in [0.25, 0.3) is 0 Å². The van der Waals surface area contributed by atoms with Gasteiger partial charge in [0.1, 0.15) is 0 Å². The first-order valence-corrected chi connectivity index (χ1v) is 7.25. The standard InChI is InChI=1S/C13H13BrClNO2/c1-7(17)16-11-5-10(15)8-3-2-4-9(8)13(11)12(18)6-14/h5H,2-4,6H2,1H3,(H,16,17). The summed E-state index contributed by atoms with van der Waals surface area (Å²) in [6, 6.07) is 1.68. The van der Waals surface area contributed by atoms with E-state index in [1.807, 2.05) is 0 Å². The minimum Gasteiger partial charge on any atom is -0.326 e. The first-order chi connectivity index (χ1) is 8.54. The maximum Gasteiger partial charge on any atom is 0.221 e. The van der Waals surface area contributed by atoms with E-state index in [4.69, 9.17) is 11.6 Å². The third-order valence-corrected chi connectivity index (χ3v) is 3.91. The van der Waals surface area contributed by atoms with Crippen LogP contribution in [0.2, 0.25) is 5.02 Å². The number of amides is 1. The normalized spacial score (nSPS) is 13.3. The number of rotatable bonds is 3. The van der Waals surface area contributed by atoms with Gasteiger partial charge in [0.2, 0.25) is 5.91 Å². The Morgan fingerprint density at radius 1 is 1.39 bits per heavy atom. The van der Waals surface area contributed by atoms with E-state index < -0.39 is 0 Å². The Morgan fingerprint density at radius 3 is 2.67 bits per heavy atom. The second-order valence-electron chi connectivity index (χ2n) is 4.33. The molecule has 1 aromatic rings. The Kier molecular flexibility index (Phi) is 4.07. The molecule has 0 bridgehead atoms. The number of ketones is 1. The highest BCUT2D eigenvalue weighted by Gasteiger charge is 2.25. The third-order valence-electron chi connectivity index (χ3n) is 3.06. The van der Waals surface area contributed by atoms with Crippen LogP contribution in [0.3, 0.4) is 0 Å². The van der Waals surface area contributed by atoms with Crippen molar-refractivity contribution >= 4 is 44.9 Å². The fourth-order valence-electron chi connectivity index (χ4n) is 2.41. The molecule has 5 heteroatoms. The van der Waals surface area contributed by atoms with Crippen LogP contribution in [0.15, 0.2) is 6.07 Å². The molecule has 0 heterocycles. The van der Waals surface area contributed by atoms with E-state index in [9.17, 15) is 9.59 Å². The van der Waals surface area contributed by atoms with Crippen LogP contribution in [0.1, 0.15) is 34.8 Å². The number of carbonyl (C=O) groups excluding carboxylic acids is 2. The van der Waals surface area contributed by atoms with Gasteiger partial charge < -0.3 is 5.32 Å². The molecule has 3 nitrogen and oxygen atoms in total. The molecule has 18 heavy (non-hydrogen) atoms. The number of fused-ring (bicyclic) bond motifs is 1. The van der Waals surface area contributed by atoms with E-state index in [0.29, 0.717) is 16.3 Å². The van der Waals surface area contributed by atoms with Gasteiger partial charge in [0.15, 0.2) is 5.78 Å². The Hall–Kier alpha value is -0.870. The lowest BCUT2D eigenvalue weighted by Gasteiger charge is -2.14. The van der Waals surface area contributed by atoms with Crippen LogP contribution < -0.4 is 5.32 Å². The van der Waals surface area contributed by atoms with Crippen molar-refractivity contribution in [3.05, 3.63) is 27.8 Å². The second kappa shape index (κ2) is 5.41. The van der Waals surface area contributed by atoms with Crippen LogP contribution in [0, 0.1) is 0 Å². The molecule has 0 spiro atoms. The molecule has 0 saturated heterocycles. The number of hydrogen-bond acceptors (Lipinski definition) is 2. The zero-order chi connectivity index (χ0) is 13.3. The van der Waals surface area contributed by atoms with E-state index in [-0.39, 0.29) is 17.0 Å². The molecule has 0 radical (unpaired) electrons. The molecule has 1 N–H and O–H groups in total. The van der Waals surface area contributed by atoms with Gasteiger partial charge in [-0.1, -0.05) is 27.5 Å². The fraction of sp³-hybridized carbons (Fsp3) is 0.385. The summed E-state index contributed by atoms with van der Waals surface area (Å²) in [7, 11) is 0. The van der Waals surface area contributed by atoms with Crippen LogP contribution in [-0.2, 0) is 17.6 Å². The predicted octanol–water partition coefficient (Wildman–Crippen LogP) is 3.36. The summed E-state index contributed by atoms with van der Waals surface area (Å²) in [6.07, 6.45) is 2.74. The number of carbonyl (C=O) groups is 2. The number of alkyl halides is 1. The van der Waals surface area contributed by atoms with Crippen molar-refractivity contribution in [2.24, 2.45) is 0 Å². The summed E-state index contributed by atoms with van der Waals surface area (Å²) in [4.78, 5) is 23.3. The molecule has 1 amide bonds. The van der Waals surface area contributed by atoms with Gasteiger partial charge in [0, 0.05) is 17.5 Å². The maximum absolute atomic E-state index is 12.0. The molecule has 0 fully saturated rings. The summed E-state index contributed by atoms with van der Waals surface area (Å²) in [6.45, 7) is 1.42. The quantitative estimate of drug-likeness (QED) is 0.682. The molecule has 1 aromatic carbocycles. The van der Waals surface area contributed by atoms with Gasteiger partial charge in [-0.25, -0.2) is 0 Å². The zero-order valence-corrected chi connectivity index (χ0v) is 12.3. The highest BCUT2D eigenvalue weighted by molar-refractivity contribution is 9.09. The van der Waals surface area contributed by atoms with Crippen molar-refractivity contribution in [3.8, 4) is 0 Å². The van der Waals surface area contributed by atoms with Crippen LogP contribution in [0.25, 0.3) is 0 Å². The van der Waals surface area contributed by atoms with Gasteiger partial charge in [-0.2, -0.15) is 0 Å². The van der Waals surface area contributed by atoms with Crippen molar-refractivity contribution in [1.29, 1.82) is 0 Å². The molecule has 0 unspecified atom stereocenters. The topological polar surface area (TPSA) is 46.2 Å². The van der Waals surface area contributed by atoms with E-state index in [2.05, 4.69) is 21.2 Å². The summed E-state index contributed by atoms with van der Waals surface area (Å²) in [5.41, 5.74) is 3.18. The van der Waals surface area contributed by atoms with Gasteiger partial charge in [-0.3, -0.25) is 9.59 Å². The lowest BCUT2D eigenvalue weighted by Crippen LogP contribution is -2.14. The second-order valence-corrected chi connectivity index (χ2v) is 5.30. The molecule has 0 saturated carbocycles. The number of halogens is 2. The molecule has 2 rings (SSSR count). The average molecular weight is 331 g/mol. The van der Waals surface area contributed by atoms with Gasteiger partial charge in [0.05, 0.1) is 11.0 Å². The van der Waals surface area contributed by atoms with Crippen LogP contribution in [-0.4, -0.2) is 17.0 Å². The van der Waals surface area contributed by atoms with Crippen molar-refractivity contribution < 1.29 is 9.59 Å². The van der Waals surface area contributed by atoms with Crippen molar-refractivity contribution in [3.63, 3.8) is 0 Å². The zero-order valence-electron chi connectivity index (χ0n) is 9.98. The molecular formula is C13H13BrClNO2. The van der Waals surface area contributed by atoms with Crippen LogP contribution in [0.4, 0.5) is 5.69 Å². The number of Topliss-reactive ketones (excluding diaryl/α,β-unsaturated/α-hetero) is 1. The SMILES string of the molecule is CC(=O)Nc1cc(Cl)c2c(c1C(=O)CBr)CCC2. The Bertz CT molecular complexity index is 528. The molecule has 0 aromatic heterocycles.